The fraction of sp³-hybridized carbons (Fsp3) is 0.588. The fourth-order valence-electron chi connectivity index (χ4n) is 2.41. The van der Waals surface area contributed by atoms with Crippen LogP contribution >= 0.6 is 0 Å². The lowest BCUT2D eigenvalue weighted by Crippen LogP contribution is -2.43. The molecule has 0 radical (unpaired) electrons. The Balaban J connectivity index is 1.97. The average Bonchev–Trinajstić information content (AvgIpc) is 2.48. The Morgan fingerprint density at radius 3 is 2.61 bits per heavy atom. The van der Waals surface area contributed by atoms with Gasteiger partial charge in [-0.1, -0.05) is 12.1 Å². The first-order valence-corrected chi connectivity index (χ1v) is 7.95. The summed E-state index contributed by atoms with van der Waals surface area (Å²) in [4.78, 5) is 14.3. The van der Waals surface area contributed by atoms with E-state index in [0.717, 1.165) is 31.3 Å². The van der Waals surface area contributed by atoms with Crippen LogP contribution in [0.1, 0.15) is 33.3 Å². The number of hydrogen-bond acceptors (Lipinski definition) is 5. The molecule has 1 aromatic rings. The molecule has 1 aliphatic heterocycles. The summed E-state index contributed by atoms with van der Waals surface area (Å²) in [5.74, 6) is 5.83. The quantitative estimate of drug-likeness (QED) is 0.526. The molecule has 0 aromatic heterocycles. The van der Waals surface area contributed by atoms with Crippen molar-refractivity contribution in [1.82, 2.24) is 4.90 Å². The van der Waals surface area contributed by atoms with Crippen molar-refractivity contribution < 1.29 is 14.3 Å². The zero-order valence-corrected chi connectivity index (χ0v) is 14.4. The number of nitrogens with two attached hydrogens (primary N) is 1. The third-order valence-corrected chi connectivity index (χ3v) is 3.70. The number of hydrogen-bond donors (Lipinski definition) is 1. The molecule has 0 aliphatic carbocycles. The Hall–Kier alpha value is -1.63. The van der Waals surface area contributed by atoms with Gasteiger partial charge in [0.15, 0.2) is 0 Å². The molecule has 1 fully saturated rings. The molecule has 1 aliphatic rings. The van der Waals surface area contributed by atoms with E-state index in [2.05, 4.69) is 11.8 Å². The minimum Gasteiger partial charge on any atom is -0.442 e. The monoisotopic (exact) mass is 321 g/mol. The number of rotatable bonds is 3. The van der Waals surface area contributed by atoms with Gasteiger partial charge in [-0.05, 0) is 45.4 Å². The van der Waals surface area contributed by atoms with Gasteiger partial charge in [0, 0.05) is 19.1 Å². The summed E-state index contributed by atoms with van der Waals surface area (Å²) in [6, 6.07) is 8.06. The summed E-state index contributed by atoms with van der Waals surface area (Å²) in [7, 11) is 0. The smallest absolute Gasteiger partial charge is 0.429 e. The third kappa shape index (κ3) is 5.20. The summed E-state index contributed by atoms with van der Waals surface area (Å²) >= 11 is 0. The van der Waals surface area contributed by atoms with Crippen molar-refractivity contribution in [2.75, 3.05) is 24.8 Å². The van der Waals surface area contributed by atoms with Gasteiger partial charge in [-0.2, -0.15) is 0 Å². The van der Waals surface area contributed by atoms with E-state index in [1.165, 1.54) is 5.56 Å². The van der Waals surface area contributed by atoms with Crippen LogP contribution in [0.15, 0.2) is 24.3 Å². The van der Waals surface area contributed by atoms with Crippen molar-refractivity contribution in [3.8, 4) is 0 Å². The van der Waals surface area contributed by atoms with Crippen LogP contribution in [0.5, 0.6) is 0 Å². The van der Waals surface area contributed by atoms with Crippen LogP contribution in [0.4, 0.5) is 10.5 Å². The largest absolute Gasteiger partial charge is 0.442 e. The molecule has 0 unspecified atom stereocenters. The van der Waals surface area contributed by atoms with Crippen molar-refractivity contribution in [2.45, 2.75) is 45.9 Å². The Bertz CT molecular complexity index is 525. The Morgan fingerprint density at radius 2 is 2.04 bits per heavy atom. The maximum absolute atomic E-state index is 12.0. The first-order valence-electron chi connectivity index (χ1n) is 7.95. The SMILES string of the molecule is C[C@@H]1COCCN1Cc1ccc(N(N)C(=O)OC(C)(C)C)cc1. The van der Waals surface area contributed by atoms with Gasteiger partial charge in [0.05, 0.1) is 18.9 Å². The van der Waals surface area contributed by atoms with Gasteiger partial charge in [-0.15, -0.1) is 0 Å². The van der Waals surface area contributed by atoms with Gasteiger partial charge < -0.3 is 9.47 Å². The zero-order valence-electron chi connectivity index (χ0n) is 14.4. The standard InChI is InChI=1S/C17H27N3O3/c1-13-12-22-10-9-19(13)11-14-5-7-15(8-6-14)20(18)16(21)23-17(2,3)4/h5-8,13H,9-12,18H2,1-4H3/t13-/m1/s1. The Labute approximate surface area is 138 Å². The normalized spacial score (nSPS) is 19.4. The number of benzene rings is 1. The van der Waals surface area contributed by atoms with Gasteiger partial charge in [-0.3, -0.25) is 4.90 Å². The van der Waals surface area contributed by atoms with Crippen molar-refractivity contribution in [3.63, 3.8) is 0 Å². The first-order chi connectivity index (χ1) is 10.8. The molecule has 1 heterocycles. The van der Waals surface area contributed by atoms with Crippen molar-refractivity contribution >= 4 is 11.8 Å². The fourth-order valence-corrected chi connectivity index (χ4v) is 2.41. The van der Waals surface area contributed by atoms with E-state index in [0.29, 0.717) is 11.7 Å². The number of hydrazine groups is 1. The highest BCUT2D eigenvalue weighted by Crippen LogP contribution is 2.18. The van der Waals surface area contributed by atoms with E-state index in [-0.39, 0.29) is 0 Å². The maximum atomic E-state index is 12.0. The van der Waals surface area contributed by atoms with Crippen LogP contribution < -0.4 is 10.9 Å². The van der Waals surface area contributed by atoms with E-state index in [9.17, 15) is 4.79 Å². The van der Waals surface area contributed by atoms with Crippen LogP contribution in [-0.4, -0.2) is 42.4 Å². The lowest BCUT2D eigenvalue weighted by Gasteiger charge is -2.33. The van der Waals surface area contributed by atoms with Gasteiger partial charge in [0.1, 0.15) is 5.60 Å². The van der Waals surface area contributed by atoms with E-state index in [1.54, 1.807) is 0 Å². The predicted molar refractivity (Wildman–Crippen MR) is 90.0 cm³/mol. The maximum Gasteiger partial charge on any atom is 0.429 e. The Kier molecular flexibility index (Phi) is 5.62. The number of nitrogens with zero attached hydrogens (tertiary/aromatic N) is 2. The molecule has 6 nitrogen and oxygen atoms in total. The number of ether oxygens (including phenoxy) is 2. The highest BCUT2D eigenvalue weighted by Gasteiger charge is 2.22. The van der Waals surface area contributed by atoms with E-state index in [4.69, 9.17) is 15.3 Å². The number of anilines is 1. The summed E-state index contributed by atoms with van der Waals surface area (Å²) < 4.78 is 10.7. The third-order valence-electron chi connectivity index (χ3n) is 3.70. The molecule has 0 saturated carbocycles. The summed E-state index contributed by atoms with van der Waals surface area (Å²) in [5, 5.41) is 1.03. The van der Waals surface area contributed by atoms with Crippen LogP contribution in [0, 0.1) is 0 Å². The second-order valence-corrected chi connectivity index (χ2v) is 6.91. The molecule has 128 valence electrons. The van der Waals surface area contributed by atoms with Gasteiger partial charge in [0.25, 0.3) is 0 Å². The molecular formula is C17H27N3O3. The number of carbonyl (C=O) groups is 1. The molecule has 0 bridgehead atoms. The minimum absolute atomic E-state index is 0.413. The highest BCUT2D eigenvalue weighted by molar-refractivity contribution is 5.86. The summed E-state index contributed by atoms with van der Waals surface area (Å²) in [6.07, 6.45) is -0.563. The minimum atomic E-state index is -0.568. The van der Waals surface area contributed by atoms with Crippen LogP contribution in [0.2, 0.25) is 0 Å². The van der Waals surface area contributed by atoms with Crippen molar-refractivity contribution in [2.24, 2.45) is 5.84 Å². The van der Waals surface area contributed by atoms with Crippen LogP contribution in [-0.2, 0) is 16.0 Å². The van der Waals surface area contributed by atoms with Gasteiger partial charge in [0.2, 0.25) is 0 Å². The van der Waals surface area contributed by atoms with Gasteiger partial charge >= 0.3 is 6.09 Å². The molecule has 1 saturated heterocycles. The second-order valence-electron chi connectivity index (χ2n) is 6.91. The topological polar surface area (TPSA) is 68.0 Å². The highest BCUT2D eigenvalue weighted by atomic mass is 16.6. The molecule has 2 N–H and O–H groups in total. The molecule has 1 amide bonds. The first kappa shape index (κ1) is 17.7. The summed E-state index contributed by atoms with van der Waals surface area (Å²) in [5.41, 5.74) is 1.22. The van der Waals surface area contributed by atoms with E-state index in [1.807, 2.05) is 45.0 Å². The molecule has 0 spiro atoms. The van der Waals surface area contributed by atoms with Crippen LogP contribution in [0.3, 0.4) is 0 Å². The van der Waals surface area contributed by atoms with Crippen molar-refractivity contribution in [3.05, 3.63) is 29.8 Å². The molecule has 1 atom stereocenters. The molecule has 2 rings (SSSR count). The number of morpholine rings is 1. The van der Waals surface area contributed by atoms with Crippen LogP contribution in [0.25, 0.3) is 0 Å². The second kappa shape index (κ2) is 7.29. The average molecular weight is 321 g/mol. The van der Waals surface area contributed by atoms with E-state index < -0.39 is 11.7 Å². The lowest BCUT2D eigenvalue weighted by atomic mass is 10.1. The predicted octanol–water partition coefficient (Wildman–Crippen LogP) is 2.52. The number of amides is 1. The van der Waals surface area contributed by atoms with E-state index >= 15 is 0 Å². The molecule has 23 heavy (non-hydrogen) atoms. The lowest BCUT2D eigenvalue weighted by molar-refractivity contribution is -0.00436. The molecule has 1 aromatic carbocycles. The van der Waals surface area contributed by atoms with Gasteiger partial charge in [-0.25, -0.2) is 15.6 Å². The Morgan fingerprint density at radius 1 is 1.39 bits per heavy atom. The molecular weight excluding hydrogens is 294 g/mol. The van der Waals surface area contributed by atoms with Crippen molar-refractivity contribution in [1.29, 1.82) is 0 Å². The number of carbonyl (C=O) groups excluding carboxylic acids is 1. The summed E-state index contributed by atoms with van der Waals surface area (Å²) in [6.45, 7) is 10.9. The molecule has 6 heteroatoms. The zero-order chi connectivity index (χ0) is 17.0.